The van der Waals surface area contributed by atoms with Gasteiger partial charge in [-0.05, 0) is 18.8 Å². The molecule has 4 rings (SSSR count). The fourth-order valence-corrected chi connectivity index (χ4v) is 3.67. The molecule has 2 fully saturated rings. The lowest BCUT2D eigenvalue weighted by atomic mass is 10.00. The summed E-state index contributed by atoms with van der Waals surface area (Å²) in [7, 11) is 0. The Kier molecular flexibility index (Phi) is 4.43. The summed E-state index contributed by atoms with van der Waals surface area (Å²) in [6.07, 6.45) is -0.824. The number of hydrogen-bond acceptors (Lipinski definition) is 9. The van der Waals surface area contributed by atoms with Crippen molar-refractivity contribution in [3.63, 3.8) is 0 Å². The molecule has 0 aliphatic carbocycles. The Balaban J connectivity index is 1.81. The van der Waals surface area contributed by atoms with Crippen molar-refractivity contribution in [2.24, 2.45) is 5.92 Å². The van der Waals surface area contributed by atoms with Crippen LogP contribution in [0.3, 0.4) is 0 Å². The van der Waals surface area contributed by atoms with Crippen molar-refractivity contribution < 1.29 is 20.1 Å². The Labute approximate surface area is 150 Å². The van der Waals surface area contributed by atoms with Gasteiger partial charge in [0.2, 0.25) is 5.95 Å². The zero-order chi connectivity index (χ0) is 18.4. The highest BCUT2D eigenvalue weighted by Gasteiger charge is 2.45. The van der Waals surface area contributed by atoms with Crippen molar-refractivity contribution in [2.75, 3.05) is 30.3 Å². The van der Waals surface area contributed by atoms with Crippen molar-refractivity contribution in [3.05, 3.63) is 6.33 Å². The second kappa shape index (κ2) is 6.62. The number of aliphatic hydroxyl groups is 3. The molecule has 0 amide bonds. The Morgan fingerprint density at radius 3 is 2.62 bits per heavy atom. The van der Waals surface area contributed by atoms with E-state index in [-0.39, 0.29) is 5.82 Å². The van der Waals surface area contributed by atoms with E-state index in [4.69, 9.17) is 10.5 Å². The van der Waals surface area contributed by atoms with Crippen LogP contribution in [0.5, 0.6) is 0 Å². The molecule has 0 radical (unpaired) electrons. The van der Waals surface area contributed by atoms with Gasteiger partial charge >= 0.3 is 0 Å². The molecule has 4 heterocycles. The lowest BCUT2D eigenvalue weighted by Crippen LogP contribution is -2.37. The first-order chi connectivity index (χ1) is 12.5. The Morgan fingerprint density at radius 1 is 1.23 bits per heavy atom. The van der Waals surface area contributed by atoms with Gasteiger partial charge in [-0.2, -0.15) is 0 Å². The van der Waals surface area contributed by atoms with Gasteiger partial charge in [0.05, 0.1) is 6.61 Å². The van der Waals surface area contributed by atoms with Gasteiger partial charge < -0.3 is 30.7 Å². The van der Waals surface area contributed by atoms with E-state index < -0.39 is 31.1 Å². The van der Waals surface area contributed by atoms with E-state index in [9.17, 15) is 15.3 Å². The van der Waals surface area contributed by atoms with E-state index in [1.807, 2.05) is 0 Å². The topological polar surface area (TPSA) is 143 Å². The molecule has 0 saturated carbocycles. The number of nitrogens with two attached hydrogens (primary N) is 1. The third kappa shape index (κ3) is 2.69. The van der Waals surface area contributed by atoms with Crippen LogP contribution in [0.2, 0.25) is 0 Å². The molecule has 0 aromatic carbocycles. The summed E-state index contributed by atoms with van der Waals surface area (Å²) in [6.45, 7) is 3.45. The molecule has 2 aromatic rings. The first kappa shape index (κ1) is 17.4. The number of fused-ring (bicyclic) bond motifs is 1. The minimum Gasteiger partial charge on any atom is -0.394 e. The van der Waals surface area contributed by atoms with E-state index >= 15 is 0 Å². The van der Waals surface area contributed by atoms with E-state index in [1.54, 1.807) is 4.57 Å². The standard InChI is InChI=1S/C16H24N6O4/c1-8-2-4-21(5-3-8)16-20-10-13(17)18-7-19-14(10)22(16)15-12(25)11(24)9(6-23)26-15/h7-9,11-12,15,23-25H,2-6H2,1H3,(H2,17,18,19)/t9-,11-,12-,15+/m1/s1. The molecular formula is C16H24N6O4. The van der Waals surface area contributed by atoms with Gasteiger partial charge in [0.15, 0.2) is 23.2 Å². The molecule has 2 aliphatic heterocycles. The molecule has 26 heavy (non-hydrogen) atoms. The number of imidazole rings is 1. The van der Waals surface area contributed by atoms with Crippen LogP contribution < -0.4 is 10.6 Å². The van der Waals surface area contributed by atoms with Gasteiger partial charge in [-0.25, -0.2) is 15.0 Å². The lowest BCUT2D eigenvalue weighted by molar-refractivity contribution is -0.0505. The van der Waals surface area contributed by atoms with Crippen LogP contribution in [0.15, 0.2) is 6.33 Å². The maximum absolute atomic E-state index is 10.5. The zero-order valence-electron chi connectivity index (χ0n) is 14.6. The molecule has 5 N–H and O–H groups in total. The van der Waals surface area contributed by atoms with E-state index in [0.29, 0.717) is 23.0 Å². The van der Waals surface area contributed by atoms with Crippen molar-refractivity contribution >= 4 is 22.9 Å². The molecule has 2 aliphatic rings. The van der Waals surface area contributed by atoms with Crippen LogP contribution >= 0.6 is 0 Å². The predicted molar refractivity (Wildman–Crippen MR) is 93.4 cm³/mol. The molecular weight excluding hydrogens is 340 g/mol. The van der Waals surface area contributed by atoms with Crippen molar-refractivity contribution in [1.29, 1.82) is 0 Å². The Bertz CT molecular complexity index is 790. The van der Waals surface area contributed by atoms with Crippen LogP contribution in [0.1, 0.15) is 26.0 Å². The number of aliphatic hydroxyl groups excluding tert-OH is 3. The summed E-state index contributed by atoms with van der Waals surface area (Å²) in [5, 5.41) is 30.0. The normalized spacial score (nSPS) is 30.4. The fourth-order valence-electron chi connectivity index (χ4n) is 3.67. The molecule has 2 saturated heterocycles. The summed E-state index contributed by atoms with van der Waals surface area (Å²) in [6, 6.07) is 0. The lowest BCUT2D eigenvalue weighted by Gasteiger charge is -2.32. The quantitative estimate of drug-likeness (QED) is 0.553. The van der Waals surface area contributed by atoms with Crippen LogP contribution in [0, 0.1) is 5.92 Å². The minimum atomic E-state index is -1.22. The predicted octanol–water partition coefficient (Wildman–Crippen LogP) is -0.744. The van der Waals surface area contributed by atoms with E-state index in [2.05, 4.69) is 26.8 Å². The number of nitrogen functional groups attached to an aromatic ring is 1. The Morgan fingerprint density at radius 2 is 1.96 bits per heavy atom. The number of nitrogens with zero attached hydrogens (tertiary/aromatic N) is 5. The third-order valence-electron chi connectivity index (χ3n) is 5.32. The number of aromatic nitrogens is 4. The molecule has 0 unspecified atom stereocenters. The number of rotatable bonds is 3. The maximum Gasteiger partial charge on any atom is 0.210 e. The molecule has 2 aromatic heterocycles. The summed E-state index contributed by atoms with van der Waals surface area (Å²) in [5.41, 5.74) is 6.83. The summed E-state index contributed by atoms with van der Waals surface area (Å²) >= 11 is 0. The van der Waals surface area contributed by atoms with Gasteiger partial charge in [0.1, 0.15) is 24.6 Å². The fraction of sp³-hybridized carbons (Fsp3) is 0.688. The van der Waals surface area contributed by atoms with Gasteiger partial charge in [0, 0.05) is 13.1 Å². The monoisotopic (exact) mass is 364 g/mol. The second-order valence-corrected chi connectivity index (χ2v) is 7.11. The molecule has 142 valence electrons. The van der Waals surface area contributed by atoms with Crippen molar-refractivity contribution in [3.8, 4) is 0 Å². The third-order valence-corrected chi connectivity index (χ3v) is 5.32. The summed E-state index contributed by atoms with van der Waals surface area (Å²) in [5.74, 6) is 1.46. The van der Waals surface area contributed by atoms with E-state index in [1.165, 1.54) is 6.33 Å². The molecule has 4 atom stereocenters. The van der Waals surface area contributed by atoms with Crippen molar-refractivity contribution in [1.82, 2.24) is 19.5 Å². The Hall–Kier alpha value is -2.01. The second-order valence-electron chi connectivity index (χ2n) is 7.11. The first-order valence-electron chi connectivity index (χ1n) is 8.87. The van der Waals surface area contributed by atoms with Gasteiger partial charge in [0.25, 0.3) is 0 Å². The van der Waals surface area contributed by atoms with Gasteiger partial charge in [-0.1, -0.05) is 6.92 Å². The minimum absolute atomic E-state index is 0.243. The summed E-state index contributed by atoms with van der Waals surface area (Å²) in [4.78, 5) is 15.0. The highest BCUT2D eigenvalue weighted by Crippen LogP contribution is 2.37. The van der Waals surface area contributed by atoms with E-state index in [0.717, 1.165) is 25.9 Å². The van der Waals surface area contributed by atoms with Crippen LogP contribution in [-0.2, 0) is 4.74 Å². The number of anilines is 2. The highest BCUT2D eigenvalue weighted by atomic mass is 16.6. The molecule has 0 spiro atoms. The molecule has 10 nitrogen and oxygen atoms in total. The highest BCUT2D eigenvalue weighted by molar-refractivity contribution is 5.84. The average molecular weight is 364 g/mol. The first-order valence-corrected chi connectivity index (χ1v) is 8.87. The van der Waals surface area contributed by atoms with Gasteiger partial charge in [-0.3, -0.25) is 4.57 Å². The summed E-state index contributed by atoms with van der Waals surface area (Å²) < 4.78 is 7.38. The SMILES string of the molecule is CC1CCN(c2nc3c(N)ncnc3n2[C@H]2O[C@H](CO)[C@@H](O)[C@H]2O)CC1. The molecule has 0 bridgehead atoms. The van der Waals surface area contributed by atoms with Crippen LogP contribution in [0.25, 0.3) is 11.2 Å². The number of piperidine rings is 1. The smallest absolute Gasteiger partial charge is 0.210 e. The maximum atomic E-state index is 10.5. The van der Waals surface area contributed by atoms with Crippen LogP contribution in [0.4, 0.5) is 11.8 Å². The van der Waals surface area contributed by atoms with Gasteiger partial charge in [-0.15, -0.1) is 0 Å². The number of hydrogen-bond donors (Lipinski definition) is 4. The van der Waals surface area contributed by atoms with Crippen LogP contribution in [-0.4, -0.2) is 72.8 Å². The zero-order valence-corrected chi connectivity index (χ0v) is 14.6. The largest absolute Gasteiger partial charge is 0.394 e. The number of ether oxygens (including phenoxy) is 1. The molecule has 10 heteroatoms. The average Bonchev–Trinajstić information content (AvgIpc) is 3.15. The van der Waals surface area contributed by atoms with Crippen molar-refractivity contribution in [2.45, 2.75) is 44.3 Å².